The van der Waals surface area contributed by atoms with E-state index in [-0.39, 0.29) is 0 Å². The van der Waals surface area contributed by atoms with Crippen LogP contribution in [0.3, 0.4) is 0 Å². The van der Waals surface area contributed by atoms with E-state index in [1.807, 2.05) is 0 Å². The summed E-state index contributed by atoms with van der Waals surface area (Å²) in [5.41, 5.74) is 0. The van der Waals surface area contributed by atoms with Crippen LogP contribution in [0.1, 0.15) is 45.4 Å². The minimum Gasteiger partial charge on any atom is -0.353 e. The number of hydrogen-bond donors (Lipinski definition) is 1. The van der Waals surface area contributed by atoms with Crippen molar-refractivity contribution in [3.8, 4) is 0 Å². The molecule has 0 heterocycles. The number of nitrogens with one attached hydrogen (secondary N) is 1. The van der Waals surface area contributed by atoms with Crippen LogP contribution in [0.15, 0.2) is 0 Å². The molecule has 0 aromatic rings. The zero-order valence-electron chi connectivity index (χ0n) is 8.38. The van der Waals surface area contributed by atoms with E-state index in [9.17, 15) is 4.79 Å². The molecule has 1 amide bonds. The first-order valence-corrected chi connectivity index (χ1v) is 5.56. The summed E-state index contributed by atoms with van der Waals surface area (Å²) < 4.78 is 0. The molecule has 0 saturated heterocycles. The highest BCUT2D eigenvalue weighted by Crippen LogP contribution is 2.33. The number of carbonyl (C=O) groups excluding carboxylic acids is 1. The Hall–Kier alpha value is -0.530. The van der Waals surface area contributed by atoms with Crippen molar-refractivity contribution >= 4 is 5.91 Å². The molecular weight excluding hydrogens is 162 g/mol. The fourth-order valence-electron chi connectivity index (χ4n) is 2.51. The van der Waals surface area contributed by atoms with Gasteiger partial charge < -0.3 is 5.32 Å². The van der Waals surface area contributed by atoms with Gasteiger partial charge in [-0.25, -0.2) is 0 Å². The Morgan fingerprint density at radius 3 is 2.38 bits per heavy atom. The monoisotopic (exact) mass is 181 g/mol. The average molecular weight is 181 g/mol. The Labute approximate surface area is 80.1 Å². The second kappa shape index (κ2) is 3.69. The van der Waals surface area contributed by atoms with E-state index in [1.54, 1.807) is 0 Å². The van der Waals surface area contributed by atoms with Crippen LogP contribution in [0.2, 0.25) is 0 Å². The Balaban J connectivity index is 1.72. The average Bonchev–Trinajstić information content (AvgIpc) is 2.51. The van der Waals surface area contributed by atoms with Crippen LogP contribution < -0.4 is 5.32 Å². The highest BCUT2D eigenvalue weighted by atomic mass is 16.2. The van der Waals surface area contributed by atoms with Gasteiger partial charge in [-0.2, -0.15) is 0 Å². The Morgan fingerprint density at radius 2 is 1.85 bits per heavy atom. The second-order valence-corrected chi connectivity index (χ2v) is 4.76. The number of amides is 1. The van der Waals surface area contributed by atoms with Gasteiger partial charge in [-0.15, -0.1) is 0 Å². The maximum atomic E-state index is 11.6. The molecule has 2 nitrogen and oxygen atoms in total. The van der Waals surface area contributed by atoms with Crippen LogP contribution in [0.25, 0.3) is 0 Å². The zero-order chi connectivity index (χ0) is 9.26. The van der Waals surface area contributed by atoms with Crippen molar-refractivity contribution in [3.63, 3.8) is 0 Å². The van der Waals surface area contributed by atoms with Gasteiger partial charge in [0, 0.05) is 12.0 Å². The molecule has 2 aliphatic carbocycles. The molecule has 1 N–H and O–H groups in total. The maximum absolute atomic E-state index is 11.6. The Kier molecular flexibility index (Phi) is 2.56. The van der Waals surface area contributed by atoms with E-state index in [0.717, 1.165) is 18.8 Å². The molecule has 0 aliphatic heterocycles. The molecule has 2 heteroatoms. The minimum atomic E-state index is 0.324. The van der Waals surface area contributed by atoms with Crippen molar-refractivity contribution in [2.24, 2.45) is 11.8 Å². The summed E-state index contributed by atoms with van der Waals surface area (Å²) in [7, 11) is 0. The lowest BCUT2D eigenvalue weighted by atomic mass is 9.75. The molecule has 74 valence electrons. The predicted octanol–water partition coefficient (Wildman–Crippen LogP) is 2.09. The molecule has 2 aliphatic rings. The van der Waals surface area contributed by atoms with Crippen LogP contribution in [0, 0.1) is 11.8 Å². The van der Waals surface area contributed by atoms with Gasteiger partial charge in [0.15, 0.2) is 0 Å². The van der Waals surface area contributed by atoms with Crippen LogP contribution in [0.5, 0.6) is 0 Å². The van der Waals surface area contributed by atoms with Crippen LogP contribution in [-0.2, 0) is 4.79 Å². The zero-order valence-corrected chi connectivity index (χ0v) is 8.38. The van der Waals surface area contributed by atoms with Crippen molar-refractivity contribution < 1.29 is 4.79 Å². The van der Waals surface area contributed by atoms with E-state index >= 15 is 0 Å². The largest absolute Gasteiger partial charge is 0.353 e. The smallest absolute Gasteiger partial charge is 0.223 e. The molecule has 2 fully saturated rings. The standard InChI is InChI=1S/C11H19NO/c1-8-6-9(7-8)11(13)12-10-4-2-3-5-10/h8-10H,2-7H2,1H3,(H,12,13). The lowest BCUT2D eigenvalue weighted by Gasteiger charge is -2.32. The van der Waals surface area contributed by atoms with Crippen molar-refractivity contribution in [2.75, 3.05) is 0 Å². The summed E-state index contributed by atoms with van der Waals surface area (Å²) in [6.07, 6.45) is 7.22. The maximum Gasteiger partial charge on any atom is 0.223 e. The van der Waals surface area contributed by atoms with E-state index < -0.39 is 0 Å². The first-order valence-electron chi connectivity index (χ1n) is 5.56. The van der Waals surface area contributed by atoms with Crippen molar-refractivity contribution in [3.05, 3.63) is 0 Å². The molecule has 2 rings (SSSR count). The molecule has 13 heavy (non-hydrogen) atoms. The molecule has 0 bridgehead atoms. The van der Waals surface area contributed by atoms with Crippen LogP contribution >= 0.6 is 0 Å². The van der Waals surface area contributed by atoms with Gasteiger partial charge in [0.2, 0.25) is 5.91 Å². The number of carbonyl (C=O) groups is 1. The minimum absolute atomic E-state index is 0.324. The highest BCUT2D eigenvalue weighted by Gasteiger charge is 2.32. The molecule has 0 radical (unpaired) electrons. The summed E-state index contributed by atoms with van der Waals surface area (Å²) in [6, 6.07) is 0.503. The summed E-state index contributed by atoms with van der Waals surface area (Å²) in [4.78, 5) is 11.6. The second-order valence-electron chi connectivity index (χ2n) is 4.76. The van der Waals surface area contributed by atoms with Gasteiger partial charge in [-0.1, -0.05) is 19.8 Å². The first-order chi connectivity index (χ1) is 6.25. The topological polar surface area (TPSA) is 29.1 Å². The molecule has 0 aromatic carbocycles. The lowest BCUT2D eigenvalue weighted by Crippen LogP contribution is -2.42. The number of hydrogen-bond acceptors (Lipinski definition) is 1. The molecule has 0 aromatic heterocycles. The quantitative estimate of drug-likeness (QED) is 0.694. The van der Waals surface area contributed by atoms with Gasteiger partial charge in [0.25, 0.3) is 0 Å². The van der Waals surface area contributed by atoms with Crippen molar-refractivity contribution in [1.82, 2.24) is 5.32 Å². The fourth-order valence-corrected chi connectivity index (χ4v) is 2.51. The van der Waals surface area contributed by atoms with E-state index in [1.165, 1.54) is 25.7 Å². The first kappa shape index (κ1) is 9.04. The van der Waals surface area contributed by atoms with Gasteiger partial charge in [0.05, 0.1) is 0 Å². The van der Waals surface area contributed by atoms with Crippen LogP contribution in [-0.4, -0.2) is 11.9 Å². The van der Waals surface area contributed by atoms with E-state index in [4.69, 9.17) is 0 Å². The SMILES string of the molecule is CC1CC(C(=O)NC2CCCC2)C1. The summed E-state index contributed by atoms with van der Waals surface area (Å²) in [5, 5.41) is 3.16. The van der Waals surface area contributed by atoms with Gasteiger partial charge in [-0.05, 0) is 31.6 Å². The fraction of sp³-hybridized carbons (Fsp3) is 0.909. The van der Waals surface area contributed by atoms with Crippen molar-refractivity contribution in [2.45, 2.75) is 51.5 Å². The van der Waals surface area contributed by atoms with Gasteiger partial charge in [-0.3, -0.25) is 4.79 Å². The third-order valence-electron chi connectivity index (χ3n) is 3.45. The predicted molar refractivity (Wildman–Crippen MR) is 52.3 cm³/mol. The van der Waals surface area contributed by atoms with E-state index in [0.29, 0.717) is 17.9 Å². The summed E-state index contributed by atoms with van der Waals surface area (Å²) in [5.74, 6) is 1.44. The summed E-state index contributed by atoms with van der Waals surface area (Å²) in [6.45, 7) is 2.22. The number of rotatable bonds is 2. The molecular formula is C11H19NO. The Bertz CT molecular complexity index is 190. The van der Waals surface area contributed by atoms with Crippen molar-refractivity contribution in [1.29, 1.82) is 0 Å². The van der Waals surface area contributed by atoms with Gasteiger partial charge in [0.1, 0.15) is 0 Å². The molecule has 0 atom stereocenters. The third kappa shape index (κ3) is 2.04. The molecule has 2 saturated carbocycles. The van der Waals surface area contributed by atoms with Crippen LogP contribution in [0.4, 0.5) is 0 Å². The molecule has 0 spiro atoms. The molecule has 0 unspecified atom stereocenters. The lowest BCUT2D eigenvalue weighted by molar-refractivity contribution is -0.129. The third-order valence-corrected chi connectivity index (χ3v) is 3.45. The Morgan fingerprint density at radius 1 is 1.23 bits per heavy atom. The summed E-state index contributed by atoms with van der Waals surface area (Å²) >= 11 is 0. The highest BCUT2D eigenvalue weighted by molar-refractivity contribution is 5.79. The van der Waals surface area contributed by atoms with Gasteiger partial charge >= 0.3 is 0 Å². The van der Waals surface area contributed by atoms with E-state index in [2.05, 4.69) is 12.2 Å². The normalized spacial score (nSPS) is 34.2.